The van der Waals surface area contributed by atoms with Crippen molar-refractivity contribution in [3.8, 4) is 0 Å². The zero-order chi connectivity index (χ0) is 18.9. The van der Waals surface area contributed by atoms with Crippen LogP contribution in [0.4, 0.5) is 0 Å². The first-order valence-corrected chi connectivity index (χ1v) is 9.61. The summed E-state index contributed by atoms with van der Waals surface area (Å²) in [5.41, 5.74) is 2.18. The fraction of sp³-hybridized carbons (Fsp3) is 0.700. The molecule has 1 saturated heterocycles. The average Bonchev–Trinajstić information content (AvgIpc) is 2.59. The maximum absolute atomic E-state index is 12.4. The molecule has 0 N–H and O–H groups in total. The van der Waals surface area contributed by atoms with Crippen LogP contribution in [0.5, 0.6) is 0 Å². The molecule has 142 valence electrons. The van der Waals surface area contributed by atoms with E-state index in [1.54, 1.807) is 6.92 Å². The van der Waals surface area contributed by atoms with Crippen LogP contribution in [0.25, 0.3) is 0 Å². The summed E-state index contributed by atoms with van der Waals surface area (Å²) in [4.78, 5) is 37.2. The minimum absolute atomic E-state index is 0.0310. The van der Waals surface area contributed by atoms with E-state index in [2.05, 4.69) is 25.8 Å². The van der Waals surface area contributed by atoms with Crippen molar-refractivity contribution in [1.29, 1.82) is 0 Å². The molecule has 2 amide bonds. The second-order valence-corrected chi connectivity index (χ2v) is 8.78. The zero-order valence-corrected chi connectivity index (χ0v) is 16.4. The summed E-state index contributed by atoms with van der Waals surface area (Å²) in [6.07, 6.45) is 5.14. The molecule has 0 saturated carbocycles. The van der Waals surface area contributed by atoms with Crippen LogP contribution >= 0.6 is 0 Å². The highest BCUT2D eigenvalue weighted by Gasteiger charge is 2.28. The highest BCUT2D eigenvalue weighted by Crippen LogP contribution is 2.29. The molecule has 3 heterocycles. The van der Waals surface area contributed by atoms with Gasteiger partial charge in [-0.15, -0.1) is 0 Å². The molecular weight excluding hydrogens is 328 g/mol. The molecule has 26 heavy (non-hydrogen) atoms. The molecule has 0 atom stereocenters. The first kappa shape index (κ1) is 18.8. The molecule has 0 aliphatic carbocycles. The van der Waals surface area contributed by atoms with E-state index in [9.17, 15) is 9.59 Å². The van der Waals surface area contributed by atoms with Crippen LogP contribution in [-0.2, 0) is 22.6 Å². The second-order valence-electron chi connectivity index (χ2n) is 8.78. The first-order valence-electron chi connectivity index (χ1n) is 9.61. The van der Waals surface area contributed by atoms with E-state index in [0.717, 1.165) is 56.0 Å². The van der Waals surface area contributed by atoms with E-state index in [4.69, 9.17) is 4.98 Å². The number of hydrogen-bond donors (Lipinski definition) is 0. The van der Waals surface area contributed by atoms with Crippen molar-refractivity contribution >= 4 is 11.8 Å². The van der Waals surface area contributed by atoms with E-state index in [1.165, 1.54) is 0 Å². The molecule has 1 fully saturated rings. The molecule has 0 aromatic carbocycles. The smallest absolute Gasteiger partial charge is 0.223 e. The Bertz CT molecular complexity index is 688. The van der Waals surface area contributed by atoms with E-state index in [0.29, 0.717) is 18.9 Å². The van der Waals surface area contributed by atoms with E-state index in [1.807, 2.05) is 16.0 Å². The van der Waals surface area contributed by atoms with Crippen LogP contribution in [-0.4, -0.2) is 51.2 Å². The Morgan fingerprint density at radius 1 is 1.15 bits per heavy atom. The maximum atomic E-state index is 12.4. The van der Waals surface area contributed by atoms with Crippen molar-refractivity contribution in [2.45, 2.75) is 65.8 Å². The van der Waals surface area contributed by atoms with E-state index < -0.39 is 0 Å². The molecule has 0 spiro atoms. The third kappa shape index (κ3) is 4.40. The number of amides is 2. The van der Waals surface area contributed by atoms with Crippen LogP contribution in [0.15, 0.2) is 6.20 Å². The van der Waals surface area contributed by atoms with Gasteiger partial charge in [0, 0.05) is 63.6 Å². The number of carbonyl (C=O) groups is 2. The van der Waals surface area contributed by atoms with Crippen LogP contribution in [0.3, 0.4) is 0 Å². The summed E-state index contributed by atoms with van der Waals surface area (Å²) in [6.45, 7) is 10.8. The Morgan fingerprint density at radius 2 is 1.85 bits per heavy atom. The van der Waals surface area contributed by atoms with Gasteiger partial charge in [-0.3, -0.25) is 9.59 Å². The number of likely N-dealkylation sites (tertiary alicyclic amines) is 1. The van der Waals surface area contributed by atoms with Gasteiger partial charge in [-0.2, -0.15) is 0 Å². The molecule has 0 radical (unpaired) electrons. The zero-order valence-electron chi connectivity index (χ0n) is 16.4. The summed E-state index contributed by atoms with van der Waals surface area (Å²) < 4.78 is 0. The van der Waals surface area contributed by atoms with Crippen LogP contribution in [0, 0.1) is 5.41 Å². The SMILES string of the molecule is CC(=O)N1CCc2nc(C3CCN(C(=O)CC(C)(C)C)CC3)ncc2C1. The van der Waals surface area contributed by atoms with Gasteiger partial charge in [0.1, 0.15) is 5.82 Å². The topological polar surface area (TPSA) is 66.4 Å². The molecule has 3 rings (SSSR count). The lowest BCUT2D eigenvalue weighted by molar-refractivity contribution is -0.134. The second kappa shape index (κ2) is 7.33. The summed E-state index contributed by atoms with van der Waals surface area (Å²) in [7, 11) is 0. The molecule has 1 aromatic rings. The quantitative estimate of drug-likeness (QED) is 0.815. The van der Waals surface area contributed by atoms with Crippen molar-refractivity contribution in [1.82, 2.24) is 19.8 Å². The van der Waals surface area contributed by atoms with Gasteiger partial charge in [-0.1, -0.05) is 20.8 Å². The van der Waals surface area contributed by atoms with Gasteiger partial charge >= 0.3 is 0 Å². The van der Waals surface area contributed by atoms with Gasteiger partial charge in [0.25, 0.3) is 0 Å². The van der Waals surface area contributed by atoms with Gasteiger partial charge in [0.15, 0.2) is 0 Å². The number of carbonyl (C=O) groups excluding carboxylic acids is 2. The number of aromatic nitrogens is 2. The van der Waals surface area contributed by atoms with Crippen LogP contribution in [0.1, 0.15) is 70.0 Å². The summed E-state index contributed by atoms with van der Waals surface area (Å²) in [5.74, 6) is 1.59. The maximum Gasteiger partial charge on any atom is 0.223 e. The molecule has 2 aliphatic rings. The Balaban J connectivity index is 1.60. The number of piperidine rings is 1. The molecule has 6 nitrogen and oxygen atoms in total. The predicted octanol–water partition coefficient (Wildman–Crippen LogP) is 2.52. The van der Waals surface area contributed by atoms with Gasteiger partial charge < -0.3 is 9.80 Å². The summed E-state index contributed by atoms with van der Waals surface area (Å²) >= 11 is 0. The molecular formula is C20H30N4O2. The number of nitrogens with zero attached hydrogens (tertiary/aromatic N) is 4. The van der Waals surface area contributed by atoms with Crippen molar-refractivity contribution in [2.75, 3.05) is 19.6 Å². The molecule has 2 aliphatic heterocycles. The standard InChI is InChI=1S/C20H30N4O2/c1-14(25)24-10-7-17-16(13-24)12-21-19(22-17)15-5-8-23(9-6-15)18(26)11-20(2,3)4/h12,15H,5-11,13H2,1-4H3. The predicted molar refractivity (Wildman–Crippen MR) is 99.5 cm³/mol. The van der Waals surface area contributed by atoms with Gasteiger partial charge in [-0.25, -0.2) is 9.97 Å². The summed E-state index contributed by atoms with van der Waals surface area (Å²) in [5, 5.41) is 0. The number of fused-ring (bicyclic) bond motifs is 1. The number of rotatable bonds is 2. The van der Waals surface area contributed by atoms with E-state index in [-0.39, 0.29) is 17.2 Å². The van der Waals surface area contributed by atoms with E-state index >= 15 is 0 Å². The first-order chi connectivity index (χ1) is 12.2. The van der Waals surface area contributed by atoms with Crippen molar-refractivity contribution < 1.29 is 9.59 Å². The largest absolute Gasteiger partial charge is 0.343 e. The fourth-order valence-electron chi connectivity index (χ4n) is 3.75. The highest BCUT2D eigenvalue weighted by molar-refractivity contribution is 5.77. The normalized spacial score (nSPS) is 18.6. The van der Waals surface area contributed by atoms with Gasteiger partial charge in [0.2, 0.25) is 11.8 Å². The minimum atomic E-state index is 0.0310. The van der Waals surface area contributed by atoms with Crippen molar-refractivity contribution in [2.24, 2.45) is 5.41 Å². The molecule has 0 bridgehead atoms. The third-order valence-electron chi connectivity index (χ3n) is 5.29. The molecule has 0 unspecified atom stereocenters. The minimum Gasteiger partial charge on any atom is -0.343 e. The summed E-state index contributed by atoms with van der Waals surface area (Å²) in [6, 6.07) is 0. The van der Waals surface area contributed by atoms with Crippen molar-refractivity contribution in [3.63, 3.8) is 0 Å². The van der Waals surface area contributed by atoms with Gasteiger partial charge in [-0.05, 0) is 18.3 Å². The van der Waals surface area contributed by atoms with Crippen LogP contribution in [0.2, 0.25) is 0 Å². The van der Waals surface area contributed by atoms with Crippen LogP contribution < -0.4 is 0 Å². The number of hydrogen-bond acceptors (Lipinski definition) is 4. The Labute approximate surface area is 156 Å². The third-order valence-corrected chi connectivity index (χ3v) is 5.29. The Hall–Kier alpha value is -1.98. The van der Waals surface area contributed by atoms with Gasteiger partial charge in [0.05, 0.1) is 5.69 Å². The average molecular weight is 358 g/mol. The molecule has 6 heteroatoms. The molecule has 1 aromatic heterocycles. The lowest BCUT2D eigenvalue weighted by Gasteiger charge is -2.33. The Morgan fingerprint density at radius 3 is 2.46 bits per heavy atom. The lowest BCUT2D eigenvalue weighted by Crippen LogP contribution is -2.40. The van der Waals surface area contributed by atoms with Crippen molar-refractivity contribution in [3.05, 3.63) is 23.3 Å². The lowest BCUT2D eigenvalue weighted by atomic mass is 9.90. The fourth-order valence-corrected chi connectivity index (χ4v) is 3.75. The highest BCUT2D eigenvalue weighted by atomic mass is 16.2. The monoisotopic (exact) mass is 358 g/mol. The Kier molecular flexibility index (Phi) is 5.30.